The van der Waals surface area contributed by atoms with E-state index in [0.717, 1.165) is 4.90 Å². The molecule has 2 atom stereocenters. The highest BCUT2D eigenvalue weighted by Crippen LogP contribution is 2.38. The molecule has 1 fully saturated rings. The third kappa shape index (κ3) is 4.55. The standard InChI is InChI=1S/C18H25BrF2N2O4Si/c1-18(2,3)28(4,5)27-9-10-8-12(22-17(25)26)16(24)23(10)13-7-6-11(19)14(20)15(13)21/h6-7,10,12,22H,8-9H2,1-5H3,(H,25,26). The molecule has 1 saturated heterocycles. The van der Waals surface area contributed by atoms with Crippen molar-refractivity contribution in [3.63, 3.8) is 0 Å². The van der Waals surface area contributed by atoms with Gasteiger partial charge in [-0.1, -0.05) is 20.8 Å². The first-order chi connectivity index (χ1) is 12.8. The Labute approximate surface area is 172 Å². The second-order valence-electron chi connectivity index (χ2n) is 8.37. The fourth-order valence-corrected chi connectivity index (χ4v) is 4.12. The van der Waals surface area contributed by atoms with Crippen LogP contribution in [0.25, 0.3) is 0 Å². The van der Waals surface area contributed by atoms with Gasteiger partial charge >= 0.3 is 6.09 Å². The number of rotatable bonds is 5. The molecule has 0 aromatic heterocycles. The Morgan fingerprint density at radius 3 is 2.50 bits per heavy atom. The van der Waals surface area contributed by atoms with Gasteiger partial charge in [0.25, 0.3) is 0 Å². The Morgan fingerprint density at radius 2 is 1.96 bits per heavy atom. The first kappa shape index (κ1) is 22.8. The average Bonchev–Trinajstić information content (AvgIpc) is 2.85. The van der Waals surface area contributed by atoms with Crippen LogP contribution in [0.5, 0.6) is 0 Å². The summed E-state index contributed by atoms with van der Waals surface area (Å²) in [5.41, 5.74) is -0.232. The van der Waals surface area contributed by atoms with Crippen molar-refractivity contribution in [2.45, 2.75) is 57.4 Å². The van der Waals surface area contributed by atoms with Gasteiger partial charge in [0.1, 0.15) is 6.04 Å². The molecule has 0 spiro atoms. The van der Waals surface area contributed by atoms with E-state index in [0.29, 0.717) is 0 Å². The second kappa shape index (κ2) is 8.07. The van der Waals surface area contributed by atoms with Gasteiger partial charge < -0.3 is 19.7 Å². The molecule has 0 aliphatic carbocycles. The van der Waals surface area contributed by atoms with Gasteiger partial charge in [-0.05, 0) is 52.6 Å². The number of carbonyl (C=O) groups is 2. The summed E-state index contributed by atoms with van der Waals surface area (Å²) in [4.78, 5) is 24.9. The summed E-state index contributed by atoms with van der Waals surface area (Å²) in [6.07, 6.45) is -1.25. The van der Waals surface area contributed by atoms with E-state index in [1.54, 1.807) is 0 Å². The SMILES string of the molecule is CC(C)(C)[Si](C)(C)OCC1CC(NC(=O)O)C(=O)N1c1ccc(Br)c(F)c1F. The number of amides is 2. The van der Waals surface area contributed by atoms with Gasteiger partial charge in [0, 0.05) is 0 Å². The van der Waals surface area contributed by atoms with Crippen LogP contribution in [0.4, 0.5) is 19.3 Å². The molecule has 1 aromatic rings. The van der Waals surface area contributed by atoms with Gasteiger partial charge in [-0.25, -0.2) is 13.6 Å². The third-order valence-electron chi connectivity index (χ3n) is 5.42. The topological polar surface area (TPSA) is 78.9 Å². The van der Waals surface area contributed by atoms with Crippen molar-refractivity contribution in [2.24, 2.45) is 0 Å². The van der Waals surface area contributed by atoms with Crippen molar-refractivity contribution in [3.8, 4) is 0 Å². The quantitative estimate of drug-likeness (QED) is 0.482. The zero-order valence-corrected chi connectivity index (χ0v) is 19.1. The van der Waals surface area contributed by atoms with Crippen LogP contribution in [-0.2, 0) is 9.22 Å². The number of nitrogens with zero attached hydrogens (tertiary/aromatic N) is 1. The van der Waals surface area contributed by atoms with Crippen molar-refractivity contribution in [1.82, 2.24) is 5.32 Å². The fraction of sp³-hybridized carbons (Fsp3) is 0.556. The molecule has 2 N–H and O–H groups in total. The predicted molar refractivity (Wildman–Crippen MR) is 108 cm³/mol. The number of carboxylic acid groups (broad SMARTS) is 1. The van der Waals surface area contributed by atoms with Gasteiger partial charge in [0.05, 0.1) is 22.8 Å². The molecule has 0 bridgehead atoms. The molecule has 2 rings (SSSR count). The molecule has 156 valence electrons. The van der Waals surface area contributed by atoms with Gasteiger partial charge in [-0.15, -0.1) is 0 Å². The van der Waals surface area contributed by atoms with Crippen LogP contribution in [0, 0.1) is 11.6 Å². The van der Waals surface area contributed by atoms with Gasteiger partial charge in [-0.3, -0.25) is 4.79 Å². The monoisotopic (exact) mass is 478 g/mol. The van der Waals surface area contributed by atoms with Crippen molar-refractivity contribution in [1.29, 1.82) is 0 Å². The molecular formula is C18H25BrF2N2O4Si. The zero-order valence-electron chi connectivity index (χ0n) is 16.5. The van der Waals surface area contributed by atoms with Gasteiger partial charge in [-0.2, -0.15) is 0 Å². The molecule has 2 amide bonds. The smallest absolute Gasteiger partial charge is 0.405 e. The number of halogens is 3. The molecular weight excluding hydrogens is 454 g/mol. The van der Waals surface area contributed by atoms with E-state index >= 15 is 0 Å². The molecule has 2 unspecified atom stereocenters. The number of benzene rings is 1. The third-order valence-corrected chi connectivity index (χ3v) is 10.5. The summed E-state index contributed by atoms with van der Waals surface area (Å²) in [5.74, 6) is -2.91. The largest absolute Gasteiger partial charge is 0.465 e. The van der Waals surface area contributed by atoms with Crippen molar-refractivity contribution in [3.05, 3.63) is 28.2 Å². The van der Waals surface area contributed by atoms with Gasteiger partial charge in [0.15, 0.2) is 20.0 Å². The highest BCUT2D eigenvalue weighted by atomic mass is 79.9. The Bertz CT molecular complexity index is 786. The highest BCUT2D eigenvalue weighted by molar-refractivity contribution is 9.10. The Kier molecular flexibility index (Phi) is 6.56. The van der Waals surface area contributed by atoms with E-state index in [4.69, 9.17) is 9.53 Å². The first-order valence-electron chi connectivity index (χ1n) is 8.86. The lowest BCUT2D eigenvalue weighted by Gasteiger charge is -2.38. The van der Waals surface area contributed by atoms with E-state index in [2.05, 4.69) is 42.0 Å². The summed E-state index contributed by atoms with van der Waals surface area (Å²) in [7, 11) is -2.16. The van der Waals surface area contributed by atoms with E-state index in [9.17, 15) is 18.4 Å². The first-order valence-corrected chi connectivity index (χ1v) is 12.6. The number of hydrogen-bond donors (Lipinski definition) is 2. The molecule has 1 aliphatic rings. The number of nitrogens with one attached hydrogen (secondary N) is 1. The molecule has 6 nitrogen and oxygen atoms in total. The van der Waals surface area contributed by atoms with E-state index in [-0.39, 0.29) is 28.2 Å². The molecule has 1 heterocycles. The van der Waals surface area contributed by atoms with Crippen LogP contribution >= 0.6 is 15.9 Å². The van der Waals surface area contributed by atoms with Crippen LogP contribution in [0.15, 0.2) is 16.6 Å². The lowest BCUT2D eigenvalue weighted by molar-refractivity contribution is -0.118. The molecule has 10 heteroatoms. The molecule has 28 heavy (non-hydrogen) atoms. The van der Waals surface area contributed by atoms with Crippen LogP contribution in [-0.4, -0.2) is 44.1 Å². The van der Waals surface area contributed by atoms with E-state index in [1.165, 1.54) is 12.1 Å². The zero-order chi connectivity index (χ0) is 21.4. The Hall–Kier alpha value is -1.52. The Balaban J connectivity index is 2.36. The Morgan fingerprint density at radius 1 is 1.36 bits per heavy atom. The summed E-state index contributed by atoms with van der Waals surface area (Å²) in [6.45, 7) is 10.4. The normalized spacial score (nSPS) is 20.6. The minimum atomic E-state index is -2.16. The van der Waals surface area contributed by atoms with Crippen molar-refractivity contribution < 1.29 is 27.9 Å². The average molecular weight is 479 g/mol. The number of hydrogen-bond acceptors (Lipinski definition) is 3. The highest BCUT2D eigenvalue weighted by Gasteiger charge is 2.45. The molecule has 0 saturated carbocycles. The molecule has 1 aromatic carbocycles. The fourth-order valence-electron chi connectivity index (χ4n) is 2.78. The van der Waals surface area contributed by atoms with Crippen LogP contribution in [0.2, 0.25) is 18.1 Å². The minimum absolute atomic E-state index is 0.0605. The lowest BCUT2D eigenvalue weighted by Crippen LogP contribution is -2.46. The van der Waals surface area contributed by atoms with Crippen molar-refractivity contribution >= 4 is 41.9 Å². The maximum atomic E-state index is 14.5. The van der Waals surface area contributed by atoms with E-state index < -0.39 is 44.0 Å². The summed E-state index contributed by atoms with van der Waals surface area (Å²) >= 11 is 2.91. The van der Waals surface area contributed by atoms with Crippen LogP contribution in [0.1, 0.15) is 27.2 Å². The lowest BCUT2D eigenvalue weighted by atomic mass is 10.2. The second-order valence-corrected chi connectivity index (χ2v) is 14.0. The maximum Gasteiger partial charge on any atom is 0.405 e. The summed E-state index contributed by atoms with van der Waals surface area (Å²) < 4.78 is 34.7. The van der Waals surface area contributed by atoms with Crippen LogP contribution in [0.3, 0.4) is 0 Å². The maximum absolute atomic E-state index is 14.5. The molecule has 1 aliphatic heterocycles. The summed E-state index contributed by atoms with van der Waals surface area (Å²) in [6, 6.07) is 0.943. The van der Waals surface area contributed by atoms with Gasteiger partial charge in [0.2, 0.25) is 5.91 Å². The minimum Gasteiger partial charge on any atom is -0.465 e. The summed E-state index contributed by atoms with van der Waals surface area (Å²) in [5, 5.41) is 11.1. The number of carbonyl (C=O) groups excluding carboxylic acids is 1. The van der Waals surface area contributed by atoms with Crippen LogP contribution < -0.4 is 10.2 Å². The van der Waals surface area contributed by atoms with Crippen molar-refractivity contribution in [2.75, 3.05) is 11.5 Å². The number of anilines is 1. The van der Waals surface area contributed by atoms with E-state index in [1.807, 2.05) is 13.1 Å². The molecule has 0 radical (unpaired) electrons. The predicted octanol–water partition coefficient (Wildman–Crippen LogP) is 4.49.